The van der Waals surface area contributed by atoms with Gasteiger partial charge in [-0.1, -0.05) is 24.8 Å². The van der Waals surface area contributed by atoms with Gasteiger partial charge >= 0.3 is 5.97 Å². The van der Waals surface area contributed by atoms with Crippen molar-refractivity contribution in [3.63, 3.8) is 0 Å². The van der Waals surface area contributed by atoms with Gasteiger partial charge in [0.2, 0.25) is 0 Å². The lowest BCUT2D eigenvalue weighted by molar-refractivity contribution is -0.140. The number of hydrogen-bond acceptors (Lipinski definition) is 3. The summed E-state index contributed by atoms with van der Waals surface area (Å²) in [6, 6.07) is 9.89. The molecule has 0 N–H and O–H groups in total. The number of ether oxygens (including phenoxy) is 1. The third-order valence-electron chi connectivity index (χ3n) is 3.11. The number of aromatic nitrogens is 2. The Morgan fingerprint density at radius 2 is 1.95 bits per heavy atom. The number of para-hydroxylation sites is 1. The summed E-state index contributed by atoms with van der Waals surface area (Å²) in [6.45, 7) is 9.27. The Hall–Kier alpha value is -2.36. The van der Waals surface area contributed by atoms with Crippen molar-refractivity contribution in [1.29, 1.82) is 0 Å². The van der Waals surface area contributed by atoms with E-state index in [4.69, 9.17) is 4.74 Å². The molecule has 1 aromatic carbocycles. The monoisotopic (exact) mass is 270 g/mol. The largest absolute Gasteiger partial charge is 0.454 e. The second-order valence-electron chi connectivity index (χ2n) is 4.73. The Morgan fingerprint density at radius 1 is 1.30 bits per heavy atom. The Kier molecular flexibility index (Phi) is 4.03. The van der Waals surface area contributed by atoms with Crippen molar-refractivity contribution in [2.75, 3.05) is 0 Å². The molecule has 2 aromatic rings. The smallest absolute Gasteiger partial charge is 0.333 e. The van der Waals surface area contributed by atoms with E-state index in [1.54, 1.807) is 6.92 Å². The van der Waals surface area contributed by atoms with Gasteiger partial charge in [0.25, 0.3) is 0 Å². The van der Waals surface area contributed by atoms with Crippen LogP contribution in [-0.2, 0) is 16.1 Å². The number of benzene rings is 1. The summed E-state index contributed by atoms with van der Waals surface area (Å²) in [4.78, 5) is 16.0. The molecule has 104 valence electrons. The first-order valence-electron chi connectivity index (χ1n) is 6.43. The second kappa shape index (κ2) is 5.74. The molecule has 2 rings (SSSR count). The topological polar surface area (TPSA) is 44.1 Å². The van der Waals surface area contributed by atoms with Crippen LogP contribution in [0, 0.1) is 13.8 Å². The fourth-order valence-corrected chi connectivity index (χ4v) is 1.95. The van der Waals surface area contributed by atoms with Crippen LogP contribution >= 0.6 is 0 Å². The number of carbonyl (C=O) groups excluding carboxylic acids is 1. The van der Waals surface area contributed by atoms with Crippen molar-refractivity contribution in [2.24, 2.45) is 0 Å². The number of imidazole rings is 1. The number of carbonyl (C=O) groups is 1. The highest BCUT2D eigenvalue weighted by molar-refractivity contribution is 5.86. The third kappa shape index (κ3) is 2.79. The minimum absolute atomic E-state index is 0.134. The number of rotatable bonds is 4. The highest BCUT2D eigenvalue weighted by Crippen LogP contribution is 2.18. The standard InChI is InChI=1S/C16H18N2O2/c1-11(2)16(19)20-10-15-17-12(3)13(4)18(15)14-8-6-5-7-9-14/h5-9H,1,10H2,2-4H3. The van der Waals surface area contributed by atoms with Gasteiger partial charge in [0, 0.05) is 17.0 Å². The van der Waals surface area contributed by atoms with Crippen molar-refractivity contribution in [3.8, 4) is 5.69 Å². The minimum Gasteiger partial charge on any atom is -0.454 e. The molecule has 0 spiro atoms. The molecule has 4 heteroatoms. The maximum Gasteiger partial charge on any atom is 0.333 e. The lowest BCUT2D eigenvalue weighted by Gasteiger charge is -2.10. The summed E-state index contributed by atoms with van der Waals surface area (Å²) in [6.07, 6.45) is 0. The van der Waals surface area contributed by atoms with Crippen LogP contribution in [0.15, 0.2) is 42.5 Å². The number of aryl methyl sites for hydroxylation is 1. The zero-order valence-electron chi connectivity index (χ0n) is 12.0. The molecule has 0 fully saturated rings. The number of nitrogens with zero attached hydrogens (tertiary/aromatic N) is 2. The summed E-state index contributed by atoms with van der Waals surface area (Å²) in [7, 11) is 0. The van der Waals surface area contributed by atoms with E-state index >= 15 is 0 Å². The van der Waals surface area contributed by atoms with Gasteiger partial charge in [0.05, 0.1) is 5.69 Å². The van der Waals surface area contributed by atoms with Crippen LogP contribution in [0.1, 0.15) is 24.1 Å². The van der Waals surface area contributed by atoms with Crippen LogP contribution in [0.5, 0.6) is 0 Å². The predicted molar refractivity (Wildman–Crippen MR) is 77.6 cm³/mol. The van der Waals surface area contributed by atoms with Gasteiger partial charge in [-0.05, 0) is 32.9 Å². The zero-order valence-corrected chi connectivity index (χ0v) is 12.0. The van der Waals surface area contributed by atoms with Gasteiger partial charge in [-0.2, -0.15) is 0 Å². The van der Waals surface area contributed by atoms with E-state index in [0.29, 0.717) is 11.4 Å². The van der Waals surface area contributed by atoms with Crippen LogP contribution in [-0.4, -0.2) is 15.5 Å². The van der Waals surface area contributed by atoms with Gasteiger partial charge in [-0.25, -0.2) is 9.78 Å². The van der Waals surface area contributed by atoms with Crippen molar-refractivity contribution in [3.05, 3.63) is 59.7 Å². The Morgan fingerprint density at radius 3 is 2.55 bits per heavy atom. The van der Waals surface area contributed by atoms with Gasteiger partial charge < -0.3 is 4.74 Å². The predicted octanol–water partition coefficient (Wildman–Crippen LogP) is 3.11. The number of esters is 1. The Balaban J connectivity index is 2.33. The van der Waals surface area contributed by atoms with E-state index in [-0.39, 0.29) is 6.61 Å². The summed E-state index contributed by atoms with van der Waals surface area (Å²) >= 11 is 0. The molecule has 0 saturated carbocycles. The van der Waals surface area contributed by atoms with Crippen molar-refractivity contribution >= 4 is 5.97 Å². The maximum atomic E-state index is 11.5. The van der Waals surface area contributed by atoms with E-state index < -0.39 is 5.97 Å². The first-order chi connectivity index (χ1) is 9.50. The van der Waals surface area contributed by atoms with Gasteiger partial charge in [0.15, 0.2) is 5.82 Å². The molecule has 0 radical (unpaired) electrons. The Labute approximate surface area is 118 Å². The van der Waals surface area contributed by atoms with E-state index in [2.05, 4.69) is 11.6 Å². The molecule has 0 aliphatic carbocycles. The first-order valence-corrected chi connectivity index (χ1v) is 6.43. The summed E-state index contributed by atoms with van der Waals surface area (Å²) in [5.74, 6) is 0.309. The fraction of sp³-hybridized carbons (Fsp3) is 0.250. The molecule has 1 aromatic heterocycles. The lowest BCUT2D eigenvalue weighted by atomic mass is 10.3. The van der Waals surface area contributed by atoms with E-state index in [1.165, 1.54) is 0 Å². The van der Waals surface area contributed by atoms with Crippen molar-refractivity contribution in [2.45, 2.75) is 27.4 Å². The molecule has 1 heterocycles. The SMILES string of the molecule is C=C(C)C(=O)OCc1nc(C)c(C)n1-c1ccccc1. The van der Waals surface area contributed by atoms with Gasteiger partial charge in [0.1, 0.15) is 6.61 Å². The molecule has 0 aliphatic rings. The average Bonchev–Trinajstić information content (AvgIpc) is 2.72. The van der Waals surface area contributed by atoms with Gasteiger partial charge in [-0.3, -0.25) is 4.57 Å². The molecule has 0 amide bonds. The third-order valence-corrected chi connectivity index (χ3v) is 3.11. The molecule has 0 unspecified atom stereocenters. The van der Waals surface area contributed by atoms with Crippen molar-refractivity contribution < 1.29 is 9.53 Å². The Bertz CT molecular complexity index is 642. The van der Waals surface area contributed by atoms with E-state index in [0.717, 1.165) is 17.1 Å². The molecule has 0 bridgehead atoms. The van der Waals surface area contributed by atoms with Crippen LogP contribution in [0.25, 0.3) is 5.69 Å². The summed E-state index contributed by atoms with van der Waals surface area (Å²) < 4.78 is 7.20. The highest BCUT2D eigenvalue weighted by atomic mass is 16.5. The lowest BCUT2D eigenvalue weighted by Crippen LogP contribution is -2.09. The molecular formula is C16H18N2O2. The summed E-state index contributed by atoms with van der Waals surface area (Å²) in [5.41, 5.74) is 3.36. The first kappa shape index (κ1) is 14.1. The van der Waals surface area contributed by atoms with Crippen LogP contribution in [0.3, 0.4) is 0 Å². The van der Waals surface area contributed by atoms with E-state index in [1.807, 2.05) is 48.7 Å². The maximum absolute atomic E-state index is 11.5. The minimum atomic E-state index is -0.400. The normalized spacial score (nSPS) is 10.3. The molecular weight excluding hydrogens is 252 g/mol. The number of hydrogen-bond donors (Lipinski definition) is 0. The zero-order chi connectivity index (χ0) is 14.7. The molecule has 0 atom stereocenters. The second-order valence-corrected chi connectivity index (χ2v) is 4.73. The molecule has 20 heavy (non-hydrogen) atoms. The molecule has 4 nitrogen and oxygen atoms in total. The summed E-state index contributed by atoms with van der Waals surface area (Å²) in [5, 5.41) is 0. The van der Waals surface area contributed by atoms with Crippen molar-refractivity contribution in [1.82, 2.24) is 9.55 Å². The van der Waals surface area contributed by atoms with Crippen LogP contribution in [0.2, 0.25) is 0 Å². The fourth-order valence-electron chi connectivity index (χ4n) is 1.95. The van der Waals surface area contributed by atoms with Gasteiger partial charge in [-0.15, -0.1) is 0 Å². The van der Waals surface area contributed by atoms with Crippen LogP contribution < -0.4 is 0 Å². The highest BCUT2D eigenvalue weighted by Gasteiger charge is 2.14. The van der Waals surface area contributed by atoms with E-state index in [9.17, 15) is 4.79 Å². The average molecular weight is 270 g/mol. The molecule has 0 saturated heterocycles. The molecule has 0 aliphatic heterocycles. The quantitative estimate of drug-likeness (QED) is 0.633. The van der Waals surface area contributed by atoms with Crippen LogP contribution in [0.4, 0.5) is 0 Å².